The normalized spacial score (nSPS) is 16.8. The topological polar surface area (TPSA) is 48.9 Å². The number of nitrogens with zero attached hydrogens (tertiary/aromatic N) is 2. The van der Waals surface area contributed by atoms with Gasteiger partial charge in [0.1, 0.15) is 5.75 Å². The minimum Gasteiger partial charge on any atom is -0.497 e. The number of aliphatic imine (C=N–C) groups is 1. The molecule has 0 bridgehead atoms. The summed E-state index contributed by atoms with van der Waals surface area (Å²) in [4.78, 5) is 6.97. The zero-order valence-corrected chi connectivity index (χ0v) is 18.6. The molecule has 1 atom stereocenters. The molecule has 1 unspecified atom stereocenters. The number of methoxy groups -OCH3 is 1. The van der Waals surface area contributed by atoms with Gasteiger partial charge >= 0.3 is 0 Å². The highest BCUT2D eigenvalue weighted by atomic mass is 16.5. The molecule has 0 amide bonds. The van der Waals surface area contributed by atoms with Gasteiger partial charge in [-0.1, -0.05) is 49.4 Å². The summed E-state index contributed by atoms with van der Waals surface area (Å²) >= 11 is 0. The highest BCUT2D eigenvalue weighted by Gasteiger charge is 2.20. The first-order valence-corrected chi connectivity index (χ1v) is 11.1. The quantitative estimate of drug-likeness (QED) is 0.512. The number of piperidine rings is 1. The van der Waals surface area contributed by atoms with Crippen LogP contribution in [0.5, 0.6) is 5.75 Å². The van der Waals surface area contributed by atoms with E-state index in [4.69, 9.17) is 4.74 Å². The standard InChI is InChI=1S/C25H36N4O/c1-20(22-9-11-24(30-3)12-10-22)13-16-27-25(26-2)28-23-14-17-29(18-15-23)19-21-7-5-4-6-8-21/h4-12,20,23H,13-19H2,1-3H3,(H2,26,27,28). The second kappa shape index (κ2) is 11.6. The Kier molecular flexibility index (Phi) is 8.57. The van der Waals surface area contributed by atoms with Crippen LogP contribution in [-0.4, -0.2) is 50.7 Å². The van der Waals surface area contributed by atoms with Crippen molar-refractivity contribution in [3.05, 3.63) is 65.7 Å². The van der Waals surface area contributed by atoms with Crippen molar-refractivity contribution in [2.45, 2.75) is 44.7 Å². The van der Waals surface area contributed by atoms with Crippen LogP contribution in [-0.2, 0) is 6.54 Å². The van der Waals surface area contributed by atoms with Crippen LogP contribution in [0.1, 0.15) is 43.2 Å². The number of likely N-dealkylation sites (tertiary alicyclic amines) is 1. The SMILES string of the molecule is CN=C(NCCC(C)c1ccc(OC)cc1)NC1CCN(Cc2ccccc2)CC1. The van der Waals surface area contributed by atoms with Gasteiger partial charge in [0.2, 0.25) is 0 Å². The average molecular weight is 409 g/mol. The molecule has 1 fully saturated rings. The van der Waals surface area contributed by atoms with Gasteiger partial charge in [0.15, 0.2) is 5.96 Å². The van der Waals surface area contributed by atoms with Crippen molar-refractivity contribution < 1.29 is 4.74 Å². The first-order valence-electron chi connectivity index (χ1n) is 11.1. The van der Waals surface area contributed by atoms with Gasteiger partial charge in [0, 0.05) is 39.3 Å². The number of benzene rings is 2. The number of ether oxygens (including phenoxy) is 1. The van der Waals surface area contributed by atoms with Gasteiger partial charge in [-0.05, 0) is 48.4 Å². The molecule has 5 nitrogen and oxygen atoms in total. The molecule has 0 spiro atoms. The van der Waals surface area contributed by atoms with Crippen LogP contribution in [0.4, 0.5) is 0 Å². The van der Waals surface area contributed by atoms with Crippen LogP contribution in [0.25, 0.3) is 0 Å². The first kappa shape index (κ1) is 22.2. The van der Waals surface area contributed by atoms with Crippen molar-refractivity contribution in [2.75, 3.05) is 33.8 Å². The molecular weight excluding hydrogens is 372 g/mol. The fraction of sp³-hybridized carbons (Fsp3) is 0.480. The second-order valence-electron chi connectivity index (χ2n) is 8.14. The molecule has 0 saturated carbocycles. The number of guanidine groups is 1. The van der Waals surface area contributed by atoms with Gasteiger partial charge in [0.05, 0.1) is 7.11 Å². The molecule has 0 aliphatic carbocycles. The lowest BCUT2D eigenvalue weighted by atomic mass is 9.98. The van der Waals surface area contributed by atoms with Crippen LogP contribution in [0.3, 0.4) is 0 Å². The summed E-state index contributed by atoms with van der Waals surface area (Å²) in [6, 6.07) is 19.6. The molecule has 1 aliphatic rings. The summed E-state index contributed by atoms with van der Waals surface area (Å²) in [7, 11) is 3.56. The van der Waals surface area contributed by atoms with E-state index in [0.29, 0.717) is 12.0 Å². The predicted octanol–water partition coefficient (Wildman–Crippen LogP) is 4.02. The van der Waals surface area contributed by atoms with Crippen LogP contribution in [0.2, 0.25) is 0 Å². The van der Waals surface area contributed by atoms with Crippen LogP contribution >= 0.6 is 0 Å². The van der Waals surface area contributed by atoms with E-state index in [1.165, 1.54) is 11.1 Å². The maximum Gasteiger partial charge on any atom is 0.191 e. The molecule has 2 aromatic rings. The average Bonchev–Trinajstić information content (AvgIpc) is 2.80. The molecule has 162 valence electrons. The Bertz CT molecular complexity index is 767. The van der Waals surface area contributed by atoms with Crippen molar-refractivity contribution in [2.24, 2.45) is 4.99 Å². The molecule has 3 rings (SSSR count). The van der Waals surface area contributed by atoms with E-state index in [2.05, 4.69) is 69.9 Å². The van der Waals surface area contributed by atoms with E-state index in [-0.39, 0.29) is 0 Å². The molecule has 0 aromatic heterocycles. The number of hydrogen-bond acceptors (Lipinski definition) is 3. The lowest BCUT2D eigenvalue weighted by molar-refractivity contribution is 0.198. The highest BCUT2D eigenvalue weighted by Crippen LogP contribution is 2.21. The second-order valence-corrected chi connectivity index (χ2v) is 8.14. The Morgan fingerprint density at radius 2 is 1.80 bits per heavy atom. The minimum atomic E-state index is 0.488. The Hall–Kier alpha value is -2.53. The Balaban J connectivity index is 1.36. The zero-order chi connectivity index (χ0) is 21.2. The summed E-state index contributed by atoms with van der Waals surface area (Å²) in [5.74, 6) is 2.31. The van der Waals surface area contributed by atoms with Crippen molar-refractivity contribution in [3.63, 3.8) is 0 Å². The van der Waals surface area contributed by atoms with E-state index in [0.717, 1.165) is 57.2 Å². The van der Waals surface area contributed by atoms with E-state index in [9.17, 15) is 0 Å². The van der Waals surface area contributed by atoms with Gasteiger partial charge in [-0.15, -0.1) is 0 Å². The molecule has 2 aromatic carbocycles. The van der Waals surface area contributed by atoms with Crippen LogP contribution in [0, 0.1) is 0 Å². The van der Waals surface area contributed by atoms with Gasteiger partial charge < -0.3 is 15.4 Å². The largest absolute Gasteiger partial charge is 0.497 e. The molecule has 0 radical (unpaired) electrons. The maximum absolute atomic E-state index is 5.25. The van der Waals surface area contributed by atoms with Crippen molar-refractivity contribution in [1.82, 2.24) is 15.5 Å². The molecule has 2 N–H and O–H groups in total. The summed E-state index contributed by atoms with van der Waals surface area (Å²) in [6.45, 7) is 6.46. The van der Waals surface area contributed by atoms with Gasteiger partial charge in [-0.2, -0.15) is 0 Å². The van der Waals surface area contributed by atoms with E-state index in [1.807, 2.05) is 19.2 Å². The molecule has 30 heavy (non-hydrogen) atoms. The van der Waals surface area contributed by atoms with Gasteiger partial charge in [-0.25, -0.2) is 0 Å². The number of rotatable bonds is 8. The number of nitrogens with one attached hydrogen (secondary N) is 2. The summed E-state index contributed by atoms with van der Waals surface area (Å²) in [6.07, 6.45) is 3.36. The Morgan fingerprint density at radius 3 is 2.43 bits per heavy atom. The summed E-state index contributed by atoms with van der Waals surface area (Å²) < 4.78 is 5.25. The van der Waals surface area contributed by atoms with E-state index >= 15 is 0 Å². The van der Waals surface area contributed by atoms with Crippen LogP contribution < -0.4 is 15.4 Å². The lowest BCUT2D eigenvalue weighted by Gasteiger charge is -2.33. The lowest BCUT2D eigenvalue weighted by Crippen LogP contribution is -2.48. The summed E-state index contributed by atoms with van der Waals surface area (Å²) in [5.41, 5.74) is 2.73. The number of hydrogen-bond donors (Lipinski definition) is 2. The first-order chi connectivity index (χ1) is 14.7. The molecule has 1 saturated heterocycles. The maximum atomic E-state index is 5.25. The Morgan fingerprint density at radius 1 is 1.10 bits per heavy atom. The fourth-order valence-electron chi connectivity index (χ4n) is 3.97. The minimum absolute atomic E-state index is 0.488. The highest BCUT2D eigenvalue weighted by molar-refractivity contribution is 5.79. The van der Waals surface area contributed by atoms with Crippen LogP contribution in [0.15, 0.2) is 59.6 Å². The van der Waals surface area contributed by atoms with Gasteiger partial charge in [0.25, 0.3) is 0 Å². The van der Waals surface area contributed by atoms with Crippen molar-refractivity contribution in [1.29, 1.82) is 0 Å². The third-order valence-corrected chi connectivity index (χ3v) is 5.96. The monoisotopic (exact) mass is 408 g/mol. The van der Waals surface area contributed by atoms with E-state index < -0.39 is 0 Å². The van der Waals surface area contributed by atoms with Gasteiger partial charge in [-0.3, -0.25) is 9.89 Å². The third-order valence-electron chi connectivity index (χ3n) is 5.96. The van der Waals surface area contributed by atoms with Crippen molar-refractivity contribution in [3.8, 4) is 5.75 Å². The fourth-order valence-corrected chi connectivity index (χ4v) is 3.97. The molecule has 5 heteroatoms. The smallest absolute Gasteiger partial charge is 0.191 e. The summed E-state index contributed by atoms with van der Waals surface area (Å²) in [5, 5.41) is 7.11. The predicted molar refractivity (Wildman–Crippen MR) is 125 cm³/mol. The van der Waals surface area contributed by atoms with Crippen molar-refractivity contribution >= 4 is 5.96 Å². The Labute approximate surface area is 181 Å². The zero-order valence-electron chi connectivity index (χ0n) is 18.6. The molecular formula is C25H36N4O. The molecule has 1 heterocycles. The van der Waals surface area contributed by atoms with E-state index in [1.54, 1.807) is 7.11 Å². The molecule has 1 aliphatic heterocycles. The third kappa shape index (κ3) is 6.77.